The number of hydrogen-bond acceptors (Lipinski definition) is 2. The quantitative estimate of drug-likeness (QED) is 0.366. The first kappa shape index (κ1) is 9.04. The van der Waals surface area contributed by atoms with Crippen LogP contribution in [0.1, 0.15) is 0 Å². The standard InChI is InChI=1S/C3HCl5N2/c4-2-1-9(7)10(8)3(2,5)6/h1H. The molecule has 0 spiro atoms. The summed E-state index contributed by atoms with van der Waals surface area (Å²) in [6.07, 6.45) is 1.30. The minimum atomic E-state index is -1.45. The summed E-state index contributed by atoms with van der Waals surface area (Å²) in [7, 11) is 0. The maximum atomic E-state index is 5.60. The van der Waals surface area contributed by atoms with E-state index < -0.39 is 4.46 Å². The zero-order valence-corrected chi connectivity index (χ0v) is 8.14. The molecule has 1 aliphatic heterocycles. The van der Waals surface area contributed by atoms with Crippen LogP contribution in [0.25, 0.3) is 0 Å². The van der Waals surface area contributed by atoms with E-state index in [2.05, 4.69) is 0 Å². The first-order chi connectivity index (χ1) is 4.46. The molecular weight excluding hydrogens is 241 g/mol. The van der Waals surface area contributed by atoms with Crippen LogP contribution in [0.15, 0.2) is 11.2 Å². The van der Waals surface area contributed by atoms with E-state index in [-0.39, 0.29) is 5.03 Å². The normalized spacial score (nSPS) is 25.3. The van der Waals surface area contributed by atoms with E-state index in [1.165, 1.54) is 6.20 Å². The molecule has 0 radical (unpaired) electrons. The van der Waals surface area contributed by atoms with Gasteiger partial charge in [-0.25, -0.2) is 4.53 Å². The summed E-state index contributed by atoms with van der Waals surface area (Å²) < 4.78 is 0.370. The van der Waals surface area contributed by atoms with Crippen molar-refractivity contribution < 1.29 is 0 Å². The van der Waals surface area contributed by atoms with Gasteiger partial charge in [-0.3, -0.25) is 0 Å². The molecule has 0 saturated heterocycles. The van der Waals surface area contributed by atoms with Crippen molar-refractivity contribution in [3.05, 3.63) is 11.2 Å². The van der Waals surface area contributed by atoms with E-state index in [1.54, 1.807) is 0 Å². The predicted octanol–water partition coefficient (Wildman–Crippen LogP) is 3.04. The van der Waals surface area contributed by atoms with Crippen molar-refractivity contribution >= 4 is 58.4 Å². The molecule has 0 fully saturated rings. The summed E-state index contributed by atoms with van der Waals surface area (Å²) in [5, 5.41) is 0.154. The Morgan fingerprint density at radius 1 is 1.30 bits per heavy atom. The molecule has 0 amide bonds. The second-order valence-electron chi connectivity index (χ2n) is 1.57. The van der Waals surface area contributed by atoms with Crippen LogP contribution in [0.3, 0.4) is 0 Å². The smallest absolute Gasteiger partial charge is 0.203 e. The molecule has 0 bridgehead atoms. The Balaban J connectivity index is 2.89. The molecule has 0 atom stereocenters. The van der Waals surface area contributed by atoms with Crippen LogP contribution < -0.4 is 0 Å². The lowest BCUT2D eigenvalue weighted by Gasteiger charge is -2.22. The van der Waals surface area contributed by atoms with Crippen molar-refractivity contribution in [2.75, 3.05) is 0 Å². The number of nitrogens with zero attached hydrogens (tertiary/aromatic N) is 2. The van der Waals surface area contributed by atoms with Crippen LogP contribution in [-0.4, -0.2) is 13.5 Å². The van der Waals surface area contributed by atoms with E-state index in [0.717, 1.165) is 9.06 Å². The number of hydrogen-bond donors (Lipinski definition) is 0. The number of hydrazine groups is 1. The van der Waals surface area contributed by atoms with Crippen molar-refractivity contribution in [1.82, 2.24) is 9.06 Å². The van der Waals surface area contributed by atoms with Gasteiger partial charge in [0.05, 0.1) is 11.2 Å². The lowest BCUT2D eigenvalue weighted by molar-refractivity contribution is 0.252. The highest BCUT2D eigenvalue weighted by atomic mass is 35.5. The Morgan fingerprint density at radius 3 is 1.90 bits per heavy atom. The van der Waals surface area contributed by atoms with Gasteiger partial charge < -0.3 is 0 Å². The summed E-state index contributed by atoms with van der Waals surface area (Å²) in [6, 6.07) is 0. The average Bonchev–Trinajstić information content (AvgIpc) is 1.97. The van der Waals surface area contributed by atoms with E-state index >= 15 is 0 Å². The molecular formula is C3HCl5N2. The third-order valence-corrected chi connectivity index (χ3v) is 3.11. The van der Waals surface area contributed by atoms with E-state index in [1.807, 2.05) is 0 Å². The molecule has 0 aliphatic carbocycles. The topological polar surface area (TPSA) is 6.48 Å². The largest absolute Gasteiger partial charge is 0.241 e. The van der Waals surface area contributed by atoms with Gasteiger partial charge in [0.1, 0.15) is 0 Å². The first-order valence-electron chi connectivity index (χ1n) is 2.13. The van der Waals surface area contributed by atoms with Crippen LogP contribution >= 0.6 is 58.4 Å². The summed E-state index contributed by atoms with van der Waals surface area (Å²) in [5.41, 5.74) is 0. The second kappa shape index (κ2) is 2.77. The molecule has 10 heavy (non-hydrogen) atoms. The zero-order chi connectivity index (χ0) is 7.94. The van der Waals surface area contributed by atoms with Gasteiger partial charge in [0.15, 0.2) is 0 Å². The van der Waals surface area contributed by atoms with Crippen molar-refractivity contribution in [3.8, 4) is 0 Å². The van der Waals surface area contributed by atoms with E-state index in [4.69, 9.17) is 58.4 Å². The van der Waals surface area contributed by atoms with Gasteiger partial charge in [0.25, 0.3) is 0 Å². The first-order valence-corrected chi connectivity index (χ1v) is 3.94. The van der Waals surface area contributed by atoms with Crippen molar-refractivity contribution in [2.24, 2.45) is 0 Å². The molecule has 1 rings (SSSR count). The predicted molar refractivity (Wildman–Crippen MR) is 43.8 cm³/mol. The Bertz CT molecular complexity index is 178. The highest BCUT2D eigenvalue weighted by Crippen LogP contribution is 2.44. The fraction of sp³-hybridized carbons (Fsp3) is 0.333. The lowest BCUT2D eigenvalue weighted by atomic mass is 10.6. The highest BCUT2D eigenvalue weighted by molar-refractivity contribution is 6.57. The third-order valence-electron chi connectivity index (χ3n) is 0.907. The average molecular weight is 242 g/mol. The van der Waals surface area contributed by atoms with Gasteiger partial charge in [-0.15, -0.1) is 0 Å². The summed E-state index contributed by atoms with van der Waals surface area (Å²) in [5.74, 6) is 0. The molecule has 0 saturated carbocycles. The van der Waals surface area contributed by atoms with Crippen molar-refractivity contribution in [1.29, 1.82) is 0 Å². The summed E-state index contributed by atoms with van der Waals surface area (Å²) in [6.45, 7) is 0. The molecule has 2 nitrogen and oxygen atoms in total. The van der Waals surface area contributed by atoms with Crippen LogP contribution in [0.5, 0.6) is 0 Å². The number of halogens is 5. The van der Waals surface area contributed by atoms with Crippen LogP contribution in [-0.2, 0) is 0 Å². The molecule has 1 heterocycles. The molecule has 0 aromatic carbocycles. The van der Waals surface area contributed by atoms with Gasteiger partial charge in [0.2, 0.25) is 4.46 Å². The molecule has 0 unspecified atom stereocenters. The molecule has 7 heteroatoms. The van der Waals surface area contributed by atoms with Crippen molar-refractivity contribution in [3.63, 3.8) is 0 Å². The molecule has 1 aliphatic rings. The highest BCUT2D eigenvalue weighted by Gasteiger charge is 2.43. The van der Waals surface area contributed by atoms with Crippen LogP contribution in [0.4, 0.5) is 0 Å². The number of rotatable bonds is 0. The van der Waals surface area contributed by atoms with Gasteiger partial charge in [0, 0.05) is 23.6 Å². The molecule has 0 aromatic rings. The molecule has 0 N–H and O–H groups in total. The maximum Gasteiger partial charge on any atom is 0.241 e. The third kappa shape index (κ3) is 1.29. The SMILES string of the molecule is ClC1=CN(Cl)N(Cl)C1(Cl)Cl. The van der Waals surface area contributed by atoms with E-state index in [9.17, 15) is 0 Å². The maximum absolute atomic E-state index is 5.60. The zero-order valence-electron chi connectivity index (χ0n) is 4.36. The Labute approximate surface area is 83.0 Å². The Morgan fingerprint density at radius 2 is 1.80 bits per heavy atom. The lowest BCUT2D eigenvalue weighted by Crippen LogP contribution is -2.32. The monoisotopic (exact) mass is 240 g/mol. The van der Waals surface area contributed by atoms with Crippen LogP contribution in [0, 0.1) is 0 Å². The Hall–Kier alpha value is 0.950. The van der Waals surface area contributed by atoms with Gasteiger partial charge in [-0.05, 0) is 0 Å². The Kier molecular flexibility index (Phi) is 2.51. The second-order valence-corrected chi connectivity index (χ2v) is 3.93. The number of alkyl halides is 2. The van der Waals surface area contributed by atoms with Crippen LogP contribution in [0.2, 0.25) is 0 Å². The van der Waals surface area contributed by atoms with Gasteiger partial charge >= 0.3 is 0 Å². The van der Waals surface area contributed by atoms with Gasteiger partial charge in [-0.2, -0.15) is 0 Å². The van der Waals surface area contributed by atoms with Gasteiger partial charge in [-0.1, -0.05) is 39.3 Å². The fourth-order valence-electron chi connectivity index (χ4n) is 0.430. The molecule has 0 aromatic heterocycles. The molecule has 58 valence electrons. The summed E-state index contributed by atoms with van der Waals surface area (Å²) >= 11 is 27.6. The van der Waals surface area contributed by atoms with Crippen molar-refractivity contribution in [2.45, 2.75) is 4.46 Å². The minimum Gasteiger partial charge on any atom is -0.203 e. The summed E-state index contributed by atoms with van der Waals surface area (Å²) in [4.78, 5) is 0. The minimum absolute atomic E-state index is 0.154. The fourth-order valence-corrected chi connectivity index (χ4v) is 1.38. The van der Waals surface area contributed by atoms with E-state index in [0.29, 0.717) is 0 Å².